The molecule has 0 bridgehead atoms. The van der Waals surface area contributed by atoms with Gasteiger partial charge in [0.15, 0.2) is 0 Å². The summed E-state index contributed by atoms with van der Waals surface area (Å²) in [7, 11) is 1.59. The number of rotatable bonds is 7. The number of hydrogen-bond acceptors (Lipinski definition) is 3. The molecular weight excluding hydrogens is 280 g/mol. The fourth-order valence-corrected chi connectivity index (χ4v) is 1.82. The molecular formula is C17H20N2O3. The van der Waals surface area contributed by atoms with Crippen LogP contribution in [0.1, 0.15) is 5.56 Å². The van der Waals surface area contributed by atoms with Crippen molar-refractivity contribution in [2.24, 2.45) is 0 Å². The van der Waals surface area contributed by atoms with Gasteiger partial charge in [0.2, 0.25) is 0 Å². The molecule has 0 saturated heterocycles. The van der Waals surface area contributed by atoms with Crippen LogP contribution in [0, 0.1) is 0 Å². The van der Waals surface area contributed by atoms with Gasteiger partial charge in [-0.15, -0.1) is 0 Å². The third-order valence-electron chi connectivity index (χ3n) is 2.95. The molecule has 116 valence electrons. The highest BCUT2D eigenvalue weighted by Crippen LogP contribution is 2.17. The molecule has 0 aromatic heterocycles. The maximum atomic E-state index is 11.6. The van der Waals surface area contributed by atoms with E-state index in [-0.39, 0.29) is 6.03 Å². The Hall–Kier alpha value is -2.53. The quantitative estimate of drug-likeness (QED) is 0.773. The van der Waals surface area contributed by atoms with Crippen LogP contribution in [0.25, 0.3) is 0 Å². The third kappa shape index (κ3) is 5.46. The van der Waals surface area contributed by atoms with Crippen molar-refractivity contribution in [3.05, 3.63) is 60.2 Å². The van der Waals surface area contributed by atoms with E-state index >= 15 is 0 Å². The molecule has 0 heterocycles. The smallest absolute Gasteiger partial charge is 0.319 e. The number of carbonyl (C=O) groups excluding carboxylic acids is 1. The Morgan fingerprint density at radius 1 is 1.05 bits per heavy atom. The van der Waals surface area contributed by atoms with E-state index in [1.807, 2.05) is 42.5 Å². The van der Waals surface area contributed by atoms with Gasteiger partial charge in [-0.05, 0) is 29.8 Å². The molecule has 2 rings (SSSR count). The predicted octanol–water partition coefficient (Wildman–Crippen LogP) is 3.03. The van der Waals surface area contributed by atoms with Gasteiger partial charge in [0, 0.05) is 19.3 Å². The van der Waals surface area contributed by atoms with Crippen LogP contribution < -0.4 is 15.4 Å². The molecule has 0 radical (unpaired) electrons. The van der Waals surface area contributed by atoms with Crippen molar-refractivity contribution in [1.82, 2.24) is 5.32 Å². The lowest BCUT2D eigenvalue weighted by atomic mass is 10.2. The van der Waals surface area contributed by atoms with Crippen molar-refractivity contribution in [3.63, 3.8) is 0 Å². The summed E-state index contributed by atoms with van der Waals surface area (Å²) in [6, 6.07) is 17.0. The van der Waals surface area contributed by atoms with Crippen LogP contribution in [0.2, 0.25) is 0 Å². The molecule has 0 aliphatic heterocycles. The highest BCUT2D eigenvalue weighted by molar-refractivity contribution is 5.89. The monoisotopic (exact) mass is 300 g/mol. The standard InChI is InChI=1S/C17H20N2O3/c1-21-12-11-18-17(20)19-15-7-9-16(10-8-15)22-13-14-5-3-2-4-6-14/h2-10H,11-13H2,1H3,(H2,18,19,20). The number of carbonyl (C=O) groups is 1. The van der Waals surface area contributed by atoms with Gasteiger partial charge >= 0.3 is 6.03 Å². The molecule has 2 N–H and O–H groups in total. The van der Waals surface area contributed by atoms with E-state index in [2.05, 4.69) is 10.6 Å². The second kappa shape index (κ2) is 8.69. The van der Waals surface area contributed by atoms with Gasteiger partial charge in [0.25, 0.3) is 0 Å². The predicted molar refractivity (Wildman–Crippen MR) is 86.1 cm³/mol. The fraction of sp³-hybridized carbons (Fsp3) is 0.235. The van der Waals surface area contributed by atoms with Crippen molar-refractivity contribution in [1.29, 1.82) is 0 Å². The molecule has 0 saturated carbocycles. The first-order valence-corrected chi connectivity index (χ1v) is 7.08. The van der Waals surface area contributed by atoms with E-state index in [9.17, 15) is 4.79 Å². The first-order valence-electron chi connectivity index (χ1n) is 7.08. The zero-order valence-electron chi connectivity index (χ0n) is 12.5. The van der Waals surface area contributed by atoms with Gasteiger partial charge in [-0.3, -0.25) is 0 Å². The lowest BCUT2D eigenvalue weighted by molar-refractivity contribution is 0.198. The van der Waals surface area contributed by atoms with Crippen molar-refractivity contribution in [2.45, 2.75) is 6.61 Å². The Morgan fingerprint density at radius 3 is 2.45 bits per heavy atom. The summed E-state index contributed by atoms with van der Waals surface area (Å²) in [4.78, 5) is 11.6. The van der Waals surface area contributed by atoms with Crippen LogP contribution in [-0.2, 0) is 11.3 Å². The lowest BCUT2D eigenvalue weighted by Gasteiger charge is -2.09. The number of anilines is 1. The Balaban J connectivity index is 1.79. The summed E-state index contributed by atoms with van der Waals surface area (Å²) in [5.41, 5.74) is 1.82. The molecule has 0 spiro atoms. The number of nitrogens with one attached hydrogen (secondary N) is 2. The van der Waals surface area contributed by atoms with Crippen LogP contribution in [0.15, 0.2) is 54.6 Å². The van der Waals surface area contributed by atoms with Crippen LogP contribution in [0.5, 0.6) is 5.75 Å². The molecule has 22 heavy (non-hydrogen) atoms. The molecule has 2 aromatic carbocycles. The number of benzene rings is 2. The van der Waals surface area contributed by atoms with Gasteiger partial charge in [0.1, 0.15) is 12.4 Å². The Morgan fingerprint density at radius 2 is 1.77 bits per heavy atom. The number of ether oxygens (including phenoxy) is 2. The molecule has 2 amide bonds. The van der Waals surface area contributed by atoms with Gasteiger partial charge in [-0.1, -0.05) is 30.3 Å². The Kier molecular flexibility index (Phi) is 6.26. The molecule has 0 aliphatic rings. The van der Waals surface area contributed by atoms with Gasteiger partial charge < -0.3 is 20.1 Å². The van der Waals surface area contributed by atoms with Crippen molar-refractivity contribution < 1.29 is 14.3 Å². The van der Waals surface area contributed by atoms with Crippen molar-refractivity contribution in [3.8, 4) is 5.75 Å². The largest absolute Gasteiger partial charge is 0.489 e. The van der Waals surface area contributed by atoms with E-state index in [0.717, 1.165) is 11.3 Å². The Labute approximate surface area is 130 Å². The summed E-state index contributed by atoms with van der Waals surface area (Å²) in [6.45, 7) is 1.48. The third-order valence-corrected chi connectivity index (χ3v) is 2.95. The van der Waals surface area contributed by atoms with Crippen molar-refractivity contribution >= 4 is 11.7 Å². The first-order chi connectivity index (χ1) is 10.8. The number of methoxy groups -OCH3 is 1. The van der Waals surface area contributed by atoms with Gasteiger partial charge in [-0.2, -0.15) is 0 Å². The van der Waals surface area contributed by atoms with Crippen molar-refractivity contribution in [2.75, 3.05) is 25.6 Å². The number of urea groups is 1. The highest BCUT2D eigenvalue weighted by Gasteiger charge is 2.01. The second-order valence-electron chi connectivity index (χ2n) is 4.67. The summed E-state index contributed by atoms with van der Waals surface area (Å²) < 4.78 is 10.5. The minimum absolute atomic E-state index is 0.255. The van der Waals surface area contributed by atoms with Gasteiger partial charge in [0.05, 0.1) is 6.61 Å². The molecule has 0 aliphatic carbocycles. The summed E-state index contributed by atoms with van der Waals surface area (Å²) in [5.74, 6) is 0.759. The van der Waals surface area contributed by atoms with Crippen LogP contribution in [-0.4, -0.2) is 26.3 Å². The van der Waals surface area contributed by atoms with Crippen LogP contribution in [0.3, 0.4) is 0 Å². The second-order valence-corrected chi connectivity index (χ2v) is 4.67. The van der Waals surface area contributed by atoms with E-state index < -0.39 is 0 Å². The molecule has 0 atom stereocenters. The summed E-state index contributed by atoms with van der Waals surface area (Å²) >= 11 is 0. The van der Waals surface area contributed by atoms with E-state index in [1.54, 1.807) is 19.2 Å². The average molecular weight is 300 g/mol. The molecule has 0 fully saturated rings. The fourth-order valence-electron chi connectivity index (χ4n) is 1.82. The Bertz CT molecular complexity index is 570. The van der Waals surface area contributed by atoms with E-state index in [0.29, 0.717) is 25.4 Å². The highest BCUT2D eigenvalue weighted by atomic mass is 16.5. The summed E-state index contributed by atoms with van der Waals surface area (Å²) in [6.07, 6.45) is 0. The van der Waals surface area contributed by atoms with Gasteiger partial charge in [-0.25, -0.2) is 4.79 Å². The SMILES string of the molecule is COCCNC(=O)Nc1ccc(OCc2ccccc2)cc1. The topological polar surface area (TPSA) is 59.6 Å². The maximum Gasteiger partial charge on any atom is 0.319 e. The molecule has 5 heteroatoms. The zero-order valence-corrected chi connectivity index (χ0v) is 12.5. The average Bonchev–Trinajstić information content (AvgIpc) is 2.55. The zero-order chi connectivity index (χ0) is 15.6. The molecule has 0 unspecified atom stereocenters. The first kappa shape index (κ1) is 15.9. The minimum atomic E-state index is -0.255. The number of amides is 2. The van der Waals surface area contributed by atoms with E-state index in [1.165, 1.54) is 0 Å². The van der Waals surface area contributed by atoms with Crippen LogP contribution in [0.4, 0.5) is 10.5 Å². The number of hydrogen-bond donors (Lipinski definition) is 2. The maximum absolute atomic E-state index is 11.6. The molecule has 5 nitrogen and oxygen atoms in total. The lowest BCUT2D eigenvalue weighted by Crippen LogP contribution is -2.31. The van der Waals surface area contributed by atoms with E-state index in [4.69, 9.17) is 9.47 Å². The molecule has 2 aromatic rings. The summed E-state index contributed by atoms with van der Waals surface area (Å²) in [5, 5.41) is 5.43. The normalized spacial score (nSPS) is 10.0. The minimum Gasteiger partial charge on any atom is -0.489 e. The van der Waals surface area contributed by atoms with Crippen LogP contribution >= 0.6 is 0 Å².